The van der Waals surface area contributed by atoms with E-state index in [1.165, 1.54) is 0 Å². The average molecular weight is 450 g/mol. The van der Waals surface area contributed by atoms with E-state index in [0.717, 1.165) is 26.7 Å². The maximum atomic E-state index is 13.2. The van der Waals surface area contributed by atoms with Gasteiger partial charge in [-0.2, -0.15) is 0 Å². The SMILES string of the molecule is CCC1Oc2ccc(-c3nc(C)sc3C)cc2N(CC(=O)N(C)Cc2ccccc2)C1=O. The zero-order valence-electron chi connectivity index (χ0n) is 18.8. The Kier molecular flexibility index (Phi) is 6.28. The summed E-state index contributed by atoms with van der Waals surface area (Å²) < 4.78 is 5.95. The molecule has 0 saturated heterocycles. The molecule has 1 unspecified atom stereocenters. The molecule has 2 amide bonds. The van der Waals surface area contributed by atoms with Crippen LogP contribution in [-0.2, 0) is 16.1 Å². The monoisotopic (exact) mass is 449 g/mol. The summed E-state index contributed by atoms with van der Waals surface area (Å²) >= 11 is 1.64. The number of hydrogen-bond donors (Lipinski definition) is 0. The van der Waals surface area contributed by atoms with Gasteiger partial charge in [-0.05, 0) is 44.0 Å². The van der Waals surface area contributed by atoms with E-state index in [2.05, 4.69) is 4.98 Å². The Bertz CT molecular complexity index is 1140. The normalized spacial score (nSPS) is 15.3. The molecule has 1 atom stereocenters. The van der Waals surface area contributed by atoms with Crippen molar-refractivity contribution < 1.29 is 14.3 Å². The Morgan fingerprint density at radius 2 is 1.94 bits per heavy atom. The van der Waals surface area contributed by atoms with E-state index in [0.29, 0.717) is 24.4 Å². The molecule has 0 saturated carbocycles. The van der Waals surface area contributed by atoms with Crippen molar-refractivity contribution in [3.05, 3.63) is 64.0 Å². The van der Waals surface area contributed by atoms with Gasteiger partial charge in [-0.25, -0.2) is 4.98 Å². The first-order chi connectivity index (χ1) is 15.4. The minimum Gasteiger partial charge on any atom is -0.478 e. The highest BCUT2D eigenvalue weighted by atomic mass is 32.1. The third kappa shape index (κ3) is 4.39. The molecule has 1 aliphatic rings. The third-order valence-corrected chi connectivity index (χ3v) is 6.48. The first-order valence-electron chi connectivity index (χ1n) is 10.7. The van der Waals surface area contributed by atoms with Crippen molar-refractivity contribution >= 4 is 28.8 Å². The van der Waals surface area contributed by atoms with Gasteiger partial charge >= 0.3 is 0 Å². The Hall–Kier alpha value is -3.19. The third-order valence-electron chi connectivity index (χ3n) is 5.59. The molecule has 0 spiro atoms. The molecule has 0 N–H and O–H groups in total. The molecule has 6 nitrogen and oxygen atoms in total. The molecule has 1 aliphatic heterocycles. The first-order valence-corrected chi connectivity index (χ1v) is 11.5. The quantitative estimate of drug-likeness (QED) is 0.552. The van der Waals surface area contributed by atoms with Crippen LogP contribution in [0.25, 0.3) is 11.3 Å². The number of fused-ring (bicyclic) bond motifs is 1. The number of thiazole rings is 1. The summed E-state index contributed by atoms with van der Waals surface area (Å²) in [6, 6.07) is 15.6. The minimum atomic E-state index is -0.594. The van der Waals surface area contributed by atoms with Gasteiger partial charge in [0.05, 0.1) is 16.4 Å². The Morgan fingerprint density at radius 1 is 1.19 bits per heavy atom. The molecule has 7 heteroatoms. The standard InChI is InChI=1S/C25H27N3O3S/c1-5-21-25(30)28(15-23(29)27(4)14-18-9-7-6-8-10-18)20-13-19(11-12-22(20)31-21)24-16(2)32-17(3)26-24/h6-13,21H,5,14-15H2,1-4H3. The minimum absolute atomic E-state index is 0.0342. The molecular formula is C25H27N3O3S. The van der Waals surface area contributed by atoms with Crippen molar-refractivity contribution in [2.24, 2.45) is 0 Å². The van der Waals surface area contributed by atoms with E-state index >= 15 is 0 Å². The summed E-state index contributed by atoms with van der Waals surface area (Å²) in [4.78, 5) is 35.2. The smallest absolute Gasteiger partial charge is 0.268 e. The largest absolute Gasteiger partial charge is 0.478 e. The Balaban J connectivity index is 1.63. The maximum absolute atomic E-state index is 13.2. The number of anilines is 1. The van der Waals surface area contributed by atoms with Crippen LogP contribution in [0.4, 0.5) is 5.69 Å². The highest BCUT2D eigenvalue weighted by molar-refractivity contribution is 7.11. The van der Waals surface area contributed by atoms with E-state index in [1.54, 1.807) is 28.2 Å². The number of benzene rings is 2. The van der Waals surface area contributed by atoms with E-state index in [4.69, 9.17) is 4.74 Å². The maximum Gasteiger partial charge on any atom is 0.268 e. The van der Waals surface area contributed by atoms with Crippen LogP contribution in [0.2, 0.25) is 0 Å². The van der Waals surface area contributed by atoms with Gasteiger partial charge in [0, 0.05) is 24.0 Å². The zero-order chi connectivity index (χ0) is 22.8. The predicted molar refractivity (Wildman–Crippen MR) is 127 cm³/mol. The second kappa shape index (κ2) is 9.12. The number of amides is 2. The molecule has 2 aromatic carbocycles. The number of aryl methyl sites for hydroxylation is 2. The number of rotatable bonds is 6. The van der Waals surface area contributed by atoms with Crippen molar-refractivity contribution in [2.75, 3.05) is 18.5 Å². The van der Waals surface area contributed by atoms with Crippen LogP contribution in [0.1, 0.15) is 28.8 Å². The number of ether oxygens (including phenoxy) is 1. The van der Waals surface area contributed by atoms with Crippen LogP contribution in [0.5, 0.6) is 5.75 Å². The van der Waals surface area contributed by atoms with Crippen LogP contribution in [0.15, 0.2) is 48.5 Å². The molecule has 3 aromatic rings. The molecule has 0 fully saturated rings. The molecule has 0 aliphatic carbocycles. The molecule has 2 heterocycles. The fourth-order valence-electron chi connectivity index (χ4n) is 3.89. The number of nitrogens with zero attached hydrogens (tertiary/aromatic N) is 3. The number of hydrogen-bond acceptors (Lipinski definition) is 5. The van der Waals surface area contributed by atoms with E-state index in [1.807, 2.05) is 69.3 Å². The zero-order valence-corrected chi connectivity index (χ0v) is 19.6. The number of carbonyl (C=O) groups is 2. The van der Waals surface area contributed by atoms with E-state index in [-0.39, 0.29) is 18.4 Å². The fraction of sp³-hybridized carbons (Fsp3) is 0.320. The van der Waals surface area contributed by atoms with Gasteiger partial charge in [-0.15, -0.1) is 11.3 Å². The van der Waals surface area contributed by atoms with Gasteiger partial charge in [0.2, 0.25) is 5.91 Å². The molecule has 32 heavy (non-hydrogen) atoms. The summed E-state index contributed by atoms with van der Waals surface area (Å²) in [6.07, 6.45) is -0.0570. The molecule has 166 valence electrons. The lowest BCUT2D eigenvalue weighted by molar-refractivity contribution is -0.133. The predicted octanol–water partition coefficient (Wildman–Crippen LogP) is 4.59. The molecule has 4 rings (SSSR count). The summed E-state index contributed by atoms with van der Waals surface area (Å²) in [7, 11) is 1.76. The van der Waals surface area contributed by atoms with Gasteiger partial charge in [-0.1, -0.05) is 37.3 Å². The van der Waals surface area contributed by atoms with Crippen LogP contribution in [0.3, 0.4) is 0 Å². The Morgan fingerprint density at radius 3 is 2.59 bits per heavy atom. The van der Waals surface area contributed by atoms with Crippen molar-refractivity contribution in [3.8, 4) is 17.0 Å². The van der Waals surface area contributed by atoms with Gasteiger partial charge in [0.1, 0.15) is 12.3 Å². The fourth-order valence-corrected chi connectivity index (χ4v) is 4.73. The number of aromatic nitrogens is 1. The van der Waals surface area contributed by atoms with E-state index < -0.39 is 6.10 Å². The summed E-state index contributed by atoms with van der Waals surface area (Å²) in [5.41, 5.74) is 3.46. The second-order valence-electron chi connectivity index (χ2n) is 7.99. The summed E-state index contributed by atoms with van der Waals surface area (Å²) in [6.45, 7) is 6.37. The lowest BCUT2D eigenvalue weighted by Crippen LogP contribution is -2.49. The number of likely N-dealkylation sites (N-methyl/N-ethyl adjacent to an activating group) is 1. The van der Waals surface area contributed by atoms with E-state index in [9.17, 15) is 9.59 Å². The average Bonchev–Trinajstić information content (AvgIpc) is 3.13. The Labute approximate surface area is 192 Å². The molecule has 1 aromatic heterocycles. The molecule has 0 bridgehead atoms. The van der Waals surface area contributed by atoms with Crippen molar-refractivity contribution in [1.29, 1.82) is 0 Å². The van der Waals surface area contributed by atoms with Gasteiger partial charge in [0.15, 0.2) is 6.10 Å². The van der Waals surface area contributed by atoms with Crippen molar-refractivity contribution in [3.63, 3.8) is 0 Å². The summed E-state index contributed by atoms with van der Waals surface area (Å²) in [5.74, 6) is 0.295. The van der Waals surface area contributed by atoms with Gasteiger partial charge in [-0.3, -0.25) is 14.5 Å². The number of carbonyl (C=O) groups excluding carboxylic acids is 2. The van der Waals surface area contributed by atoms with Gasteiger partial charge < -0.3 is 9.64 Å². The van der Waals surface area contributed by atoms with Crippen LogP contribution >= 0.6 is 11.3 Å². The van der Waals surface area contributed by atoms with Gasteiger partial charge in [0.25, 0.3) is 5.91 Å². The second-order valence-corrected chi connectivity index (χ2v) is 9.40. The molecule has 0 radical (unpaired) electrons. The van der Waals surface area contributed by atoms with Crippen LogP contribution in [0, 0.1) is 13.8 Å². The first kappa shape index (κ1) is 22.0. The highest BCUT2D eigenvalue weighted by Gasteiger charge is 2.35. The molecular weight excluding hydrogens is 422 g/mol. The topological polar surface area (TPSA) is 62.7 Å². The summed E-state index contributed by atoms with van der Waals surface area (Å²) in [5, 5.41) is 0.989. The van der Waals surface area contributed by atoms with Crippen LogP contribution in [-0.4, -0.2) is 41.4 Å². The van der Waals surface area contributed by atoms with Crippen molar-refractivity contribution in [2.45, 2.75) is 39.8 Å². The van der Waals surface area contributed by atoms with Crippen LogP contribution < -0.4 is 9.64 Å². The highest BCUT2D eigenvalue weighted by Crippen LogP contribution is 2.39. The lowest BCUT2D eigenvalue weighted by Gasteiger charge is -2.34. The lowest BCUT2D eigenvalue weighted by atomic mass is 10.1. The van der Waals surface area contributed by atoms with Crippen molar-refractivity contribution in [1.82, 2.24) is 9.88 Å².